The highest BCUT2D eigenvalue weighted by Gasteiger charge is 2.33. The molecule has 2 unspecified atom stereocenters. The average Bonchev–Trinajstić information content (AvgIpc) is 2.62. The molecule has 0 radical (unpaired) electrons. The van der Waals surface area contributed by atoms with Crippen molar-refractivity contribution in [2.75, 3.05) is 13.2 Å². The third-order valence-electron chi connectivity index (χ3n) is 1.85. The third-order valence-corrected chi connectivity index (χ3v) is 3.02. The van der Waals surface area contributed by atoms with Gasteiger partial charge < -0.3 is 9.47 Å². The summed E-state index contributed by atoms with van der Waals surface area (Å²) in [6.07, 6.45) is 3.48. The summed E-state index contributed by atoms with van der Waals surface area (Å²) >= 11 is 2.41. The predicted molar refractivity (Wildman–Crippen MR) is 46.5 cm³/mol. The Morgan fingerprint density at radius 3 is 2.60 bits per heavy atom. The van der Waals surface area contributed by atoms with Crippen molar-refractivity contribution in [2.24, 2.45) is 0 Å². The summed E-state index contributed by atoms with van der Waals surface area (Å²) in [5.41, 5.74) is 0. The van der Waals surface area contributed by atoms with Crippen LogP contribution in [0.25, 0.3) is 0 Å². The van der Waals surface area contributed by atoms with E-state index >= 15 is 0 Å². The summed E-state index contributed by atoms with van der Waals surface area (Å²) in [7, 11) is 0. The summed E-state index contributed by atoms with van der Waals surface area (Å²) in [6, 6.07) is 0. The van der Waals surface area contributed by atoms with E-state index in [4.69, 9.17) is 9.47 Å². The van der Waals surface area contributed by atoms with E-state index in [1.165, 1.54) is 12.8 Å². The second-order valence-corrected chi connectivity index (χ2v) is 4.53. The van der Waals surface area contributed by atoms with Gasteiger partial charge in [-0.3, -0.25) is 0 Å². The van der Waals surface area contributed by atoms with Crippen LogP contribution in [0.3, 0.4) is 0 Å². The van der Waals surface area contributed by atoms with Crippen LogP contribution in [0.15, 0.2) is 0 Å². The predicted octanol–water partition coefficient (Wildman–Crippen LogP) is 1.37. The van der Waals surface area contributed by atoms with E-state index in [2.05, 4.69) is 22.6 Å². The Labute approximate surface area is 74.4 Å². The normalized spacial score (nSPS) is 40.5. The minimum atomic E-state index is 0.382. The van der Waals surface area contributed by atoms with Gasteiger partial charge >= 0.3 is 0 Å². The molecule has 0 aromatic heterocycles. The van der Waals surface area contributed by atoms with Crippen LogP contribution in [0.4, 0.5) is 0 Å². The maximum Gasteiger partial charge on any atom is 0.0951 e. The number of alkyl halides is 1. The smallest absolute Gasteiger partial charge is 0.0951 e. The molecule has 58 valence electrons. The molecular weight excluding hydrogens is 243 g/mol. The second-order valence-electron chi connectivity index (χ2n) is 2.93. The number of halogens is 1. The molecule has 0 bridgehead atoms. The van der Waals surface area contributed by atoms with Crippen molar-refractivity contribution < 1.29 is 9.47 Å². The van der Waals surface area contributed by atoms with Crippen molar-refractivity contribution in [3.63, 3.8) is 0 Å². The van der Waals surface area contributed by atoms with Gasteiger partial charge in [-0.1, -0.05) is 22.6 Å². The molecule has 1 heterocycles. The summed E-state index contributed by atoms with van der Waals surface area (Å²) < 4.78 is 11.5. The fourth-order valence-electron chi connectivity index (χ4n) is 1.08. The van der Waals surface area contributed by atoms with E-state index in [1.807, 2.05) is 0 Å². The first-order chi connectivity index (χ1) is 4.86. The lowest BCUT2D eigenvalue weighted by atomic mass is 10.3. The van der Waals surface area contributed by atoms with Crippen molar-refractivity contribution in [3.8, 4) is 0 Å². The largest absolute Gasteiger partial charge is 0.378 e. The Kier molecular flexibility index (Phi) is 2.15. The van der Waals surface area contributed by atoms with Gasteiger partial charge in [0.2, 0.25) is 0 Å². The molecular formula is C7H11IO2. The number of hydrogen-bond acceptors (Lipinski definition) is 2. The number of rotatable bonds is 2. The summed E-state index contributed by atoms with van der Waals surface area (Å²) in [5, 5.41) is 0. The maximum absolute atomic E-state index is 5.70. The minimum absolute atomic E-state index is 0.382. The molecule has 0 amide bonds. The molecule has 1 aliphatic carbocycles. The van der Waals surface area contributed by atoms with Crippen molar-refractivity contribution >= 4 is 22.6 Å². The van der Waals surface area contributed by atoms with Crippen LogP contribution < -0.4 is 0 Å². The van der Waals surface area contributed by atoms with Gasteiger partial charge in [-0.2, -0.15) is 0 Å². The number of hydrogen-bond donors (Lipinski definition) is 0. The fraction of sp³-hybridized carbons (Fsp3) is 1.00. The lowest BCUT2D eigenvalue weighted by molar-refractivity contribution is 0.0341. The van der Waals surface area contributed by atoms with E-state index in [-0.39, 0.29) is 0 Å². The molecule has 2 rings (SSSR count). The molecule has 1 saturated heterocycles. The molecule has 1 aliphatic heterocycles. The highest BCUT2D eigenvalue weighted by molar-refractivity contribution is 14.1. The molecule has 0 N–H and O–H groups in total. The molecule has 2 atom stereocenters. The van der Waals surface area contributed by atoms with Crippen LogP contribution in [0, 0.1) is 0 Å². The molecule has 2 fully saturated rings. The quantitative estimate of drug-likeness (QED) is 0.547. The van der Waals surface area contributed by atoms with Gasteiger partial charge in [0.25, 0.3) is 0 Å². The summed E-state index contributed by atoms with van der Waals surface area (Å²) in [5.74, 6) is 0. The zero-order valence-corrected chi connectivity index (χ0v) is 7.91. The van der Waals surface area contributed by atoms with Crippen LogP contribution in [-0.2, 0) is 9.47 Å². The van der Waals surface area contributed by atoms with E-state index in [0.29, 0.717) is 16.1 Å². The van der Waals surface area contributed by atoms with E-state index < -0.39 is 0 Å². The van der Waals surface area contributed by atoms with Gasteiger partial charge in [0.05, 0.1) is 29.3 Å². The van der Waals surface area contributed by atoms with Gasteiger partial charge in [0.1, 0.15) is 0 Å². The molecule has 2 nitrogen and oxygen atoms in total. The molecule has 0 aromatic carbocycles. The second kappa shape index (κ2) is 2.95. The topological polar surface area (TPSA) is 18.5 Å². The molecule has 3 heteroatoms. The lowest BCUT2D eigenvalue weighted by Crippen LogP contribution is -2.22. The molecule has 0 spiro atoms. The Morgan fingerprint density at radius 1 is 1.30 bits per heavy atom. The zero-order valence-electron chi connectivity index (χ0n) is 5.75. The summed E-state index contributed by atoms with van der Waals surface area (Å²) in [6.45, 7) is 1.68. The highest BCUT2D eigenvalue weighted by atomic mass is 127. The SMILES string of the molecule is IC1COCC1OC1CC1. The third kappa shape index (κ3) is 1.62. The van der Waals surface area contributed by atoms with E-state index in [1.54, 1.807) is 0 Å². The van der Waals surface area contributed by atoms with Crippen LogP contribution >= 0.6 is 22.6 Å². The average molecular weight is 254 g/mol. The molecule has 1 saturated carbocycles. The molecule has 0 aromatic rings. The molecule has 10 heavy (non-hydrogen) atoms. The number of ether oxygens (including phenoxy) is 2. The first-order valence-electron chi connectivity index (χ1n) is 3.73. The Morgan fingerprint density at radius 2 is 2.10 bits per heavy atom. The van der Waals surface area contributed by atoms with Crippen LogP contribution in [-0.4, -0.2) is 29.3 Å². The lowest BCUT2D eigenvalue weighted by Gasteiger charge is -2.11. The first kappa shape index (κ1) is 7.31. The molecule has 2 aliphatic rings. The monoisotopic (exact) mass is 254 g/mol. The van der Waals surface area contributed by atoms with Crippen LogP contribution in [0.2, 0.25) is 0 Å². The maximum atomic E-state index is 5.70. The fourth-order valence-corrected chi connectivity index (χ4v) is 1.72. The van der Waals surface area contributed by atoms with Gasteiger partial charge in [-0.25, -0.2) is 0 Å². The standard InChI is InChI=1S/C7H11IO2/c8-6-3-9-4-7(6)10-5-1-2-5/h5-7H,1-4H2. The van der Waals surface area contributed by atoms with Crippen molar-refractivity contribution in [1.82, 2.24) is 0 Å². The van der Waals surface area contributed by atoms with Gasteiger partial charge in [-0.05, 0) is 12.8 Å². The Bertz CT molecular complexity index is 125. The Balaban J connectivity index is 1.79. The minimum Gasteiger partial charge on any atom is -0.378 e. The van der Waals surface area contributed by atoms with Crippen molar-refractivity contribution in [2.45, 2.75) is 29.0 Å². The van der Waals surface area contributed by atoms with Gasteiger partial charge in [0, 0.05) is 0 Å². The van der Waals surface area contributed by atoms with Crippen molar-refractivity contribution in [1.29, 1.82) is 0 Å². The zero-order chi connectivity index (χ0) is 6.97. The van der Waals surface area contributed by atoms with E-state index in [0.717, 1.165) is 13.2 Å². The van der Waals surface area contributed by atoms with Crippen molar-refractivity contribution in [3.05, 3.63) is 0 Å². The Hall–Kier alpha value is 0.650. The van der Waals surface area contributed by atoms with E-state index in [9.17, 15) is 0 Å². The van der Waals surface area contributed by atoms with Crippen LogP contribution in [0.5, 0.6) is 0 Å². The summed E-state index contributed by atoms with van der Waals surface area (Å²) in [4.78, 5) is 0. The van der Waals surface area contributed by atoms with Gasteiger partial charge in [0.15, 0.2) is 0 Å². The van der Waals surface area contributed by atoms with Crippen LogP contribution in [0.1, 0.15) is 12.8 Å². The van der Waals surface area contributed by atoms with Gasteiger partial charge in [-0.15, -0.1) is 0 Å². The highest BCUT2D eigenvalue weighted by Crippen LogP contribution is 2.29. The first-order valence-corrected chi connectivity index (χ1v) is 4.98.